The number of benzene rings is 1. The van der Waals surface area contributed by atoms with Crippen LogP contribution in [0.2, 0.25) is 0 Å². The highest BCUT2D eigenvalue weighted by Crippen LogP contribution is 2.26. The Bertz CT molecular complexity index is 450. The van der Waals surface area contributed by atoms with Crippen LogP contribution >= 0.6 is 0 Å². The number of nitro groups is 1. The van der Waals surface area contributed by atoms with Crippen LogP contribution in [-0.2, 0) is 6.42 Å². The van der Waals surface area contributed by atoms with Gasteiger partial charge in [0.15, 0.2) is 0 Å². The van der Waals surface area contributed by atoms with Crippen molar-refractivity contribution in [3.63, 3.8) is 0 Å². The molecule has 19 heavy (non-hydrogen) atoms. The second kappa shape index (κ2) is 6.15. The summed E-state index contributed by atoms with van der Waals surface area (Å²) in [4.78, 5) is 10.6. The third kappa shape index (κ3) is 4.03. The smallest absolute Gasteiger partial charge is 0.272 e. The molecule has 0 radical (unpaired) electrons. The summed E-state index contributed by atoms with van der Waals surface area (Å²) in [6.45, 7) is 8.44. The number of rotatable bonds is 5. The summed E-state index contributed by atoms with van der Waals surface area (Å²) in [5, 5.41) is 14.3. The Morgan fingerprint density at radius 1 is 1.37 bits per heavy atom. The fraction of sp³-hybridized carbons (Fsp3) is 0.600. The van der Waals surface area contributed by atoms with Crippen LogP contribution in [0.4, 0.5) is 5.69 Å². The van der Waals surface area contributed by atoms with Gasteiger partial charge in [0.1, 0.15) is 0 Å². The van der Waals surface area contributed by atoms with Crippen molar-refractivity contribution in [1.29, 1.82) is 0 Å². The minimum Gasteiger partial charge on any atom is -0.316 e. The molecule has 4 nitrogen and oxygen atoms in total. The third-order valence-corrected chi connectivity index (χ3v) is 3.71. The molecule has 1 aromatic rings. The van der Waals surface area contributed by atoms with Gasteiger partial charge in [0.05, 0.1) is 4.92 Å². The molecule has 0 fully saturated rings. The lowest BCUT2D eigenvalue weighted by Gasteiger charge is -2.30. The van der Waals surface area contributed by atoms with E-state index in [0.29, 0.717) is 6.04 Å². The van der Waals surface area contributed by atoms with Crippen LogP contribution in [0.25, 0.3) is 0 Å². The maximum absolute atomic E-state index is 10.9. The highest BCUT2D eigenvalue weighted by Gasteiger charge is 2.23. The molecule has 0 aliphatic carbocycles. The highest BCUT2D eigenvalue weighted by atomic mass is 16.6. The van der Waals surface area contributed by atoms with Crippen molar-refractivity contribution in [1.82, 2.24) is 5.32 Å². The van der Waals surface area contributed by atoms with E-state index in [-0.39, 0.29) is 16.0 Å². The summed E-state index contributed by atoms with van der Waals surface area (Å²) in [6.07, 6.45) is 1.83. The van der Waals surface area contributed by atoms with Crippen molar-refractivity contribution >= 4 is 5.69 Å². The minimum absolute atomic E-state index is 0.184. The van der Waals surface area contributed by atoms with Gasteiger partial charge in [-0.2, -0.15) is 0 Å². The van der Waals surface area contributed by atoms with E-state index in [2.05, 4.69) is 26.1 Å². The molecule has 0 bridgehead atoms. The van der Waals surface area contributed by atoms with E-state index in [4.69, 9.17) is 0 Å². The molecule has 0 saturated heterocycles. The van der Waals surface area contributed by atoms with Crippen molar-refractivity contribution in [3.8, 4) is 0 Å². The van der Waals surface area contributed by atoms with E-state index < -0.39 is 0 Å². The van der Waals surface area contributed by atoms with Gasteiger partial charge in [0.25, 0.3) is 5.69 Å². The predicted octanol–water partition coefficient (Wildman–Crippen LogP) is 3.47. The Balaban J connectivity index is 2.84. The first kappa shape index (κ1) is 15.6. The standard InChI is InChI=1S/C15H24N2O2/c1-11-12(7-6-8-13(11)17(18)19)9-10-14(16-5)15(2,3)4/h6-8,14,16H,9-10H2,1-5H3. The second-order valence-electron chi connectivity index (χ2n) is 6.06. The average Bonchev–Trinajstić information content (AvgIpc) is 2.29. The van der Waals surface area contributed by atoms with E-state index >= 15 is 0 Å². The predicted molar refractivity (Wildman–Crippen MR) is 78.5 cm³/mol. The molecule has 0 aliphatic heterocycles. The molecule has 0 amide bonds. The highest BCUT2D eigenvalue weighted by molar-refractivity contribution is 5.44. The lowest BCUT2D eigenvalue weighted by atomic mass is 9.83. The molecule has 0 saturated carbocycles. The molecular weight excluding hydrogens is 240 g/mol. The van der Waals surface area contributed by atoms with E-state index in [0.717, 1.165) is 24.0 Å². The molecule has 0 spiro atoms. The van der Waals surface area contributed by atoms with Crippen LogP contribution in [0, 0.1) is 22.5 Å². The molecule has 106 valence electrons. The molecule has 1 atom stereocenters. The molecule has 1 aromatic carbocycles. The number of nitro benzene ring substituents is 1. The van der Waals surface area contributed by atoms with Gasteiger partial charge in [-0.25, -0.2) is 0 Å². The average molecular weight is 264 g/mol. The zero-order valence-electron chi connectivity index (χ0n) is 12.5. The summed E-state index contributed by atoms with van der Waals surface area (Å²) in [7, 11) is 1.97. The van der Waals surface area contributed by atoms with Crippen molar-refractivity contribution in [2.75, 3.05) is 7.05 Å². The van der Waals surface area contributed by atoms with E-state index in [1.54, 1.807) is 12.1 Å². The van der Waals surface area contributed by atoms with Crippen LogP contribution in [0.15, 0.2) is 18.2 Å². The Labute approximate surface area is 115 Å². The van der Waals surface area contributed by atoms with E-state index in [1.807, 2.05) is 20.0 Å². The Morgan fingerprint density at radius 3 is 2.47 bits per heavy atom. The van der Waals surface area contributed by atoms with Crippen LogP contribution < -0.4 is 5.32 Å². The van der Waals surface area contributed by atoms with E-state index in [1.165, 1.54) is 0 Å². The van der Waals surface area contributed by atoms with Crippen molar-refractivity contribution < 1.29 is 4.92 Å². The summed E-state index contributed by atoms with van der Waals surface area (Å²) in [5.41, 5.74) is 2.26. The number of hydrogen-bond donors (Lipinski definition) is 1. The number of nitrogens with one attached hydrogen (secondary N) is 1. The van der Waals surface area contributed by atoms with Crippen molar-refractivity contribution in [2.24, 2.45) is 5.41 Å². The second-order valence-corrected chi connectivity index (χ2v) is 6.06. The molecule has 0 aromatic heterocycles. The largest absolute Gasteiger partial charge is 0.316 e. The third-order valence-electron chi connectivity index (χ3n) is 3.71. The van der Waals surface area contributed by atoms with Crippen LogP contribution in [0.1, 0.15) is 38.3 Å². The summed E-state index contributed by atoms with van der Waals surface area (Å²) < 4.78 is 0. The van der Waals surface area contributed by atoms with E-state index in [9.17, 15) is 10.1 Å². The fourth-order valence-electron chi connectivity index (χ4n) is 2.45. The molecular formula is C15H24N2O2. The quantitative estimate of drug-likeness (QED) is 0.654. The Morgan fingerprint density at radius 2 is 2.00 bits per heavy atom. The van der Waals surface area contributed by atoms with Gasteiger partial charge >= 0.3 is 0 Å². The first-order valence-electron chi connectivity index (χ1n) is 6.67. The van der Waals surface area contributed by atoms with Gasteiger partial charge in [-0.3, -0.25) is 10.1 Å². The summed E-state index contributed by atoms with van der Waals surface area (Å²) >= 11 is 0. The first-order chi connectivity index (χ1) is 8.77. The number of nitrogens with zero attached hydrogens (tertiary/aromatic N) is 1. The number of hydrogen-bond acceptors (Lipinski definition) is 3. The lowest BCUT2D eigenvalue weighted by molar-refractivity contribution is -0.385. The number of aryl methyl sites for hydroxylation is 1. The summed E-state index contributed by atoms with van der Waals surface area (Å²) in [5.74, 6) is 0. The van der Waals surface area contributed by atoms with Crippen molar-refractivity contribution in [3.05, 3.63) is 39.4 Å². The van der Waals surface area contributed by atoms with Gasteiger partial charge in [0.2, 0.25) is 0 Å². The molecule has 4 heteroatoms. The SMILES string of the molecule is CNC(CCc1cccc([N+](=O)[O-])c1C)C(C)(C)C. The van der Waals surface area contributed by atoms with Gasteiger partial charge in [-0.1, -0.05) is 32.9 Å². The monoisotopic (exact) mass is 264 g/mol. The zero-order valence-corrected chi connectivity index (χ0v) is 12.5. The fourth-order valence-corrected chi connectivity index (χ4v) is 2.45. The van der Waals surface area contributed by atoms with Crippen LogP contribution in [-0.4, -0.2) is 18.0 Å². The maximum Gasteiger partial charge on any atom is 0.272 e. The zero-order chi connectivity index (χ0) is 14.6. The van der Waals surface area contributed by atoms with Gasteiger partial charge in [0, 0.05) is 17.7 Å². The van der Waals surface area contributed by atoms with Gasteiger partial charge in [-0.05, 0) is 37.8 Å². The van der Waals surface area contributed by atoms with Gasteiger partial charge in [-0.15, -0.1) is 0 Å². The van der Waals surface area contributed by atoms with Crippen LogP contribution in [0.3, 0.4) is 0 Å². The van der Waals surface area contributed by atoms with Crippen LogP contribution in [0.5, 0.6) is 0 Å². The molecule has 0 aliphatic rings. The first-order valence-corrected chi connectivity index (χ1v) is 6.67. The molecule has 1 N–H and O–H groups in total. The lowest BCUT2D eigenvalue weighted by Crippen LogP contribution is -2.38. The van der Waals surface area contributed by atoms with Crippen molar-refractivity contribution in [2.45, 2.75) is 46.6 Å². The normalized spacial score (nSPS) is 13.3. The molecule has 1 unspecified atom stereocenters. The topological polar surface area (TPSA) is 55.2 Å². The van der Waals surface area contributed by atoms with Gasteiger partial charge < -0.3 is 5.32 Å². The Kier molecular flexibility index (Phi) is 5.06. The Hall–Kier alpha value is -1.42. The summed E-state index contributed by atoms with van der Waals surface area (Å²) in [6, 6.07) is 5.72. The molecule has 1 rings (SSSR count). The molecule has 0 heterocycles. The maximum atomic E-state index is 10.9. The minimum atomic E-state index is -0.307.